The van der Waals surface area contributed by atoms with Crippen LogP contribution in [0.25, 0.3) is 0 Å². The van der Waals surface area contributed by atoms with Crippen molar-refractivity contribution < 1.29 is 19.4 Å². The van der Waals surface area contributed by atoms with E-state index in [4.69, 9.17) is 9.47 Å². The van der Waals surface area contributed by atoms with Gasteiger partial charge in [-0.25, -0.2) is 4.79 Å². The zero-order valence-corrected chi connectivity index (χ0v) is 14.8. The van der Waals surface area contributed by atoms with Gasteiger partial charge in [0, 0.05) is 32.7 Å². The number of β-amino-alcohol motifs (C(OH)–C–C–N with tert-alkyl or cyclic N) is 1. The Bertz CT molecular complexity index is 542. The van der Waals surface area contributed by atoms with E-state index in [2.05, 4.69) is 11.8 Å². The standard InChI is InChI=1S/C18H28N2O4/c1-4-23-18(22)20-9-7-19(8-10-20)12-16(21)13-24-17-6-5-14(2)15(3)11-17/h5-6,11,16,21H,4,7-10,12-13H2,1-3H3/t16-/m0/s1. The van der Waals surface area contributed by atoms with Gasteiger partial charge in [0.15, 0.2) is 0 Å². The number of carbonyl (C=O) groups is 1. The van der Waals surface area contributed by atoms with Crippen LogP contribution in [0, 0.1) is 13.8 Å². The third-order valence-electron chi connectivity index (χ3n) is 4.29. The molecule has 1 saturated heterocycles. The molecule has 6 nitrogen and oxygen atoms in total. The lowest BCUT2D eigenvalue weighted by Gasteiger charge is -2.34. The fraction of sp³-hybridized carbons (Fsp3) is 0.611. The van der Waals surface area contributed by atoms with Crippen LogP contribution in [-0.2, 0) is 4.74 Å². The molecule has 1 heterocycles. The number of aliphatic hydroxyl groups is 1. The maximum Gasteiger partial charge on any atom is 0.409 e. The Morgan fingerprint density at radius 2 is 1.92 bits per heavy atom. The molecule has 134 valence electrons. The van der Waals surface area contributed by atoms with Crippen LogP contribution in [0.15, 0.2) is 18.2 Å². The molecule has 0 bridgehead atoms. The summed E-state index contributed by atoms with van der Waals surface area (Å²) in [7, 11) is 0. The zero-order chi connectivity index (χ0) is 17.5. The van der Waals surface area contributed by atoms with Gasteiger partial charge in [-0.3, -0.25) is 4.90 Å². The molecule has 0 saturated carbocycles. The minimum atomic E-state index is -0.555. The van der Waals surface area contributed by atoms with E-state index >= 15 is 0 Å². The zero-order valence-electron chi connectivity index (χ0n) is 14.8. The molecule has 6 heteroatoms. The van der Waals surface area contributed by atoms with E-state index < -0.39 is 6.10 Å². The molecular formula is C18H28N2O4. The summed E-state index contributed by atoms with van der Waals surface area (Å²) >= 11 is 0. The van der Waals surface area contributed by atoms with Gasteiger partial charge in [-0.05, 0) is 44.0 Å². The first-order chi connectivity index (χ1) is 11.5. The van der Waals surface area contributed by atoms with E-state index in [9.17, 15) is 9.90 Å². The summed E-state index contributed by atoms with van der Waals surface area (Å²) in [5, 5.41) is 10.2. The summed E-state index contributed by atoms with van der Waals surface area (Å²) in [6.45, 7) is 9.84. The lowest BCUT2D eigenvalue weighted by molar-refractivity contribution is 0.0407. The first-order valence-electron chi connectivity index (χ1n) is 8.51. The average Bonchev–Trinajstić information content (AvgIpc) is 2.57. The molecular weight excluding hydrogens is 308 g/mol. The van der Waals surface area contributed by atoms with Crippen LogP contribution in [0.1, 0.15) is 18.1 Å². The maximum atomic E-state index is 11.7. The van der Waals surface area contributed by atoms with E-state index in [0.717, 1.165) is 18.8 Å². The summed E-state index contributed by atoms with van der Waals surface area (Å²) in [5.74, 6) is 0.782. The number of benzene rings is 1. The topological polar surface area (TPSA) is 62.2 Å². The SMILES string of the molecule is CCOC(=O)N1CCN(C[C@H](O)COc2ccc(C)c(C)c2)CC1. The fourth-order valence-corrected chi connectivity index (χ4v) is 2.67. The Hall–Kier alpha value is -1.79. The van der Waals surface area contributed by atoms with E-state index in [0.29, 0.717) is 26.2 Å². The minimum Gasteiger partial charge on any atom is -0.491 e. The highest BCUT2D eigenvalue weighted by molar-refractivity contribution is 5.67. The van der Waals surface area contributed by atoms with Gasteiger partial charge in [0.2, 0.25) is 0 Å². The van der Waals surface area contributed by atoms with E-state index in [1.165, 1.54) is 11.1 Å². The second-order valence-corrected chi connectivity index (χ2v) is 6.20. The van der Waals surface area contributed by atoms with Gasteiger partial charge >= 0.3 is 6.09 Å². The van der Waals surface area contributed by atoms with Gasteiger partial charge in [-0.15, -0.1) is 0 Å². The number of rotatable bonds is 6. The first-order valence-corrected chi connectivity index (χ1v) is 8.51. The van der Waals surface area contributed by atoms with Gasteiger partial charge in [-0.1, -0.05) is 6.07 Å². The summed E-state index contributed by atoms with van der Waals surface area (Å²) in [6.07, 6.45) is -0.809. The van der Waals surface area contributed by atoms with Crippen molar-refractivity contribution >= 4 is 6.09 Å². The van der Waals surface area contributed by atoms with Crippen molar-refractivity contribution in [3.05, 3.63) is 29.3 Å². The number of amides is 1. The third-order valence-corrected chi connectivity index (χ3v) is 4.29. The monoisotopic (exact) mass is 336 g/mol. The van der Waals surface area contributed by atoms with Gasteiger partial charge in [0.25, 0.3) is 0 Å². The van der Waals surface area contributed by atoms with Gasteiger partial charge in [0.05, 0.1) is 6.61 Å². The van der Waals surface area contributed by atoms with Crippen LogP contribution in [0.5, 0.6) is 5.75 Å². The first kappa shape index (κ1) is 18.5. The Labute approximate surface area is 144 Å². The van der Waals surface area contributed by atoms with E-state index in [-0.39, 0.29) is 12.7 Å². The number of hydrogen-bond donors (Lipinski definition) is 1. The molecule has 1 N–H and O–H groups in total. The number of nitrogens with zero attached hydrogens (tertiary/aromatic N) is 2. The second kappa shape index (κ2) is 8.89. The molecule has 2 rings (SSSR count). The predicted octanol–water partition coefficient (Wildman–Crippen LogP) is 1.82. The van der Waals surface area contributed by atoms with Crippen LogP contribution in [0.4, 0.5) is 4.79 Å². The molecule has 0 aromatic heterocycles. The smallest absolute Gasteiger partial charge is 0.409 e. The molecule has 1 atom stereocenters. The van der Waals surface area contributed by atoms with Gasteiger partial charge in [0.1, 0.15) is 18.5 Å². The highest BCUT2D eigenvalue weighted by Crippen LogP contribution is 2.16. The average molecular weight is 336 g/mol. The van der Waals surface area contributed by atoms with Crippen LogP contribution in [0.3, 0.4) is 0 Å². The van der Waals surface area contributed by atoms with Gasteiger partial charge < -0.3 is 19.5 Å². The molecule has 0 spiro atoms. The van der Waals surface area contributed by atoms with Crippen molar-refractivity contribution in [2.75, 3.05) is 45.9 Å². The second-order valence-electron chi connectivity index (χ2n) is 6.20. The van der Waals surface area contributed by atoms with Crippen molar-refractivity contribution in [2.24, 2.45) is 0 Å². The Morgan fingerprint density at radius 3 is 2.54 bits per heavy atom. The molecule has 0 radical (unpaired) electrons. The Kier molecular flexibility index (Phi) is 6.87. The Balaban J connectivity index is 1.70. The van der Waals surface area contributed by atoms with Crippen LogP contribution in [0.2, 0.25) is 0 Å². The number of hydrogen-bond acceptors (Lipinski definition) is 5. The molecule has 1 amide bonds. The molecule has 1 aliphatic rings. The van der Waals surface area contributed by atoms with Crippen molar-refractivity contribution in [3.8, 4) is 5.75 Å². The molecule has 0 aliphatic carbocycles. The lowest BCUT2D eigenvalue weighted by atomic mass is 10.1. The van der Waals surface area contributed by atoms with Crippen LogP contribution in [-0.4, -0.2) is 73.0 Å². The number of aryl methyl sites for hydroxylation is 2. The van der Waals surface area contributed by atoms with Crippen molar-refractivity contribution in [1.82, 2.24) is 9.80 Å². The Morgan fingerprint density at radius 1 is 1.21 bits per heavy atom. The van der Waals surface area contributed by atoms with Crippen LogP contribution >= 0.6 is 0 Å². The van der Waals surface area contributed by atoms with Crippen molar-refractivity contribution in [3.63, 3.8) is 0 Å². The maximum absolute atomic E-state index is 11.7. The highest BCUT2D eigenvalue weighted by atomic mass is 16.6. The third kappa shape index (κ3) is 5.39. The molecule has 1 aromatic rings. The number of piperazine rings is 1. The molecule has 1 aliphatic heterocycles. The van der Waals surface area contributed by atoms with Crippen molar-refractivity contribution in [1.29, 1.82) is 0 Å². The quantitative estimate of drug-likeness (QED) is 0.858. The normalized spacial score (nSPS) is 16.8. The summed E-state index contributed by atoms with van der Waals surface area (Å²) in [4.78, 5) is 15.5. The summed E-state index contributed by atoms with van der Waals surface area (Å²) in [6, 6.07) is 5.93. The van der Waals surface area contributed by atoms with Crippen LogP contribution < -0.4 is 4.74 Å². The number of ether oxygens (including phenoxy) is 2. The number of aliphatic hydroxyl groups excluding tert-OH is 1. The molecule has 24 heavy (non-hydrogen) atoms. The molecule has 1 aromatic carbocycles. The lowest BCUT2D eigenvalue weighted by Crippen LogP contribution is -2.51. The van der Waals surface area contributed by atoms with E-state index in [1.54, 1.807) is 11.8 Å². The largest absolute Gasteiger partial charge is 0.491 e. The summed E-state index contributed by atoms with van der Waals surface area (Å²) in [5.41, 5.74) is 2.40. The predicted molar refractivity (Wildman–Crippen MR) is 92.5 cm³/mol. The minimum absolute atomic E-state index is 0.254. The van der Waals surface area contributed by atoms with E-state index in [1.807, 2.05) is 25.1 Å². The van der Waals surface area contributed by atoms with Gasteiger partial charge in [-0.2, -0.15) is 0 Å². The summed E-state index contributed by atoms with van der Waals surface area (Å²) < 4.78 is 10.7. The molecule has 0 unspecified atom stereocenters. The fourth-order valence-electron chi connectivity index (χ4n) is 2.67. The van der Waals surface area contributed by atoms with Crippen molar-refractivity contribution in [2.45, 2.75) is 26.9 Å². The highest BCUT2D eigenvalue weighted by Gasteiger charge is 2.23. The number of carbonyl (C=O) groups excluding carboxylic acids is 1. The molecule has 1 fully saturated rings.